The van der Waals surface area contributed by atoms with Crippen LogP contribution in [-0.2, 0) is 4.79 Å². The predicted molar refractivity (Wildman–Crippen MR) is 115 cm³/mol. The van der Waals surface area contributed by atoms with Gasteiger partial charge in [0.2, 0.25) is 0 Å². The molecule has 2 amide bonds. The molecule has 1 aromatic heterocycles. The van der Waals surface area contributed by atoms with Gasteiger partial charge in [0.05, 0.1) is 11.7 Å². The summed E-state index contributed by atoms with van der Waals surface area (Å²) >= 11 is 1.61. The zero-order valence-electron chi connectivity index (χ0n) is 16.3. The van der Waals surface area contributed by atoms with Crippen LogP contribution in [0.2, 0.25) is 0 Å². The molecule has 1 atom stereocenters. The van der Waals surface area contributed by atoms with Crippen LogP contribution in [0.4, 0.5) is 5.69 Å². The first-order valence-electron chi connectivity index (χ1n) is 9.52. The summed E-state index contributed by atoms with van der Waals surface area (Å²) < 4.78 is 5.43. The Bertz CT molecular complexity index is 1030. The monoisotopic (exact) mass is 406 g/mol. The third kappa shape index (κ3) is 4.17. The van der Waals surface area contributed by atoms with E-state index in [0.717, 1.165) is 10.4 Å². The number of ether oxygens (including phenoxy) is 1. The molecule has 0 fully saturated rings. The van der Waals surface area contributed by atoms with Crippen LogP contribution in [0, 0.1) is 0 Å². The van der Waals surface area contributed by atoms with Crippen LogP contribution in [0.3, 0.4) is 0 Å². The number of benzene rings is 2. The van der Waals surface area contributed by atoms with Crippen LogP contribution >= 0.6 is 11.3 Å². The third-order valence-electron chi connectivity index (χ3n) is 4.92. The van der Waals surface area contributed by atoms with Gasteiger partial charge in [-0.1, -0.05) is 44.2 Å². The highest BCUT2D eigenvalue weighted by Gasteiger charge is 2.22. The fourth-order valence-electron chi connectivity index (χ4n) is 3.28. The lowest BCUT2D eigenvalue weighted by Gasteiger charge is -2.21. The Labute approximate surface area is 173 Å². The second kappa shape index (κ2) is 8.09. The molecule has 2 heterocycles. The van der Waals surface area contributed by atoms with Crippen molar-refractivity contribution in [3.05, 3.63) is 81.5 Å². The number of amides is 2. The van der Waals surface area contributed by atoms with E-state index in [0.29, 0.717) is 22.9 Å². The van der Waals surface area contributed by atoms with Crippen molar-refractivity contribution in [2.24, 2.45) is 0 Å². The summed E-state index contributed by atoms with van der Waals surface area (Å²) in [5, 5.41) is 7.89. The van der Waals surface area contributed by atoms with Crippen molar-refractivity contribution >= 4 is 28.8 Å². The lowest BCUT2D eigenvalue weighted by molar-refractivity contribution is -0.118. The van der Waals surface area contributed by atoms with Crippen LogP contribution in [0.25, 0.3) is 0 Å². The van der Waals surface area contributed by atoms with Gasteiger partial charge in [0.1, 0.15) is 5.75 Å². The fraction of sp³-hybridized carbons (Fsp3) is 0.217. The average molecular weight is 407 g/mol. The Morgan fingerprint density at radius 2 is 1.86 bits per heavy atom. The summed E-state index contributed by atoms with van der Waals surface area (Å²) in [5.41, 5.74) is 3.36. The number of hydrogen-bond donors (Lipinski definition) is 2. The first-order chi connectivity index (χ1) is 14.0. The van der Waals surface area contributed by atoms with Gasteiger partial charge in [-0.25, -0.2) is 0 Å². The quantitative estimate of drug-likeness (QED) is 0.644. The zero-order valence-corrected chi connectivity index (χ0v) is 17.1. The van der Waals surface area contributed by atoms with Gasteiger partial charge in [0, 0.05) is 10.4 Å². The van der Waals surface area contributed by atoms with Gasteiger partial charge in [0.25, 0.3) is 11.8 Å². The highest BCUT2D eigenvalue weighted by Crippen LogP contribution is 2.30. The first kappa shape index (κ1) is 19.2. The van der Waals surface area contributed by atoms with Crippen molar-refractivity contribution < 1.29 is 14.3 Å². The summed E-state index contributed by atoms with van der Waals surface area (Å²) in [5.74, 6) is 0.568. The number of carbonyl (C=O) groups is 2. The Morgan fingerprint density at radius 1 is 1.10 bits per heavy atom. The molecule has 0 spiro atoms. The molecular weight excluding hydrogens is 384 g/mol. The molecule has 2 aromatic carbocycles. The fourth-order valence-corrected chi connectivity index (χ4v) is 4.08. The van der Waals surface area contributed by atoms with E-state index in [4.69, 9.17) is 4.74 Å². The van der Waals surface area contributed by atoms with Gasteiger partial charge < -0.3 is 15.4 Å². The predicted octanol–water partition coefficient (Wildman–Crippen LogP) is 4.72. The molecule has 4 rings (SSSR count). The number of thiophene rings is 1. The van der Waals surface area contributed by atoms with E-state index in [1.54, 1.807) is 29.5 Å². The molecule has 2 N–H and O–H groups in total. The van der Waals surface area contributed by atoms with Gasteiger partial charge in [0.15, 0.2) is 6.61 Å². The van der Waals surface area contributed by atoms with Crippen molar-refractivity contribution in [3.63, 3.8) is 0 Å². The molecule has 29 heavy (non-hydrogen) atoms. The van der Waals surface area contributed by atoms with E-state index >= 15 is 0 Å². The van der Waals surface area contributed by atoms with Crippen molar-refractivity contribution in [2.75, 3.05) is 11.9 Å². The molecular formula is C23H22N2O3S. The van der Waals surface area contributed by atoms with E-state index in [1.807, 2.05) is 17.5 Å². The van der Waals surface area contributed by atoms with Crippen LogP contribution in [0.5, 0.6) is 5.75 Å². The number of hydrogen-bond acceptors (Lipinski definition) is 4. The lowest BCUT2D eigenvalue weighted by Crippen LogP contribution is -2.29. The number of rotatable bonds is 5. The number of nitrogens with one attached hydrogen (secondary N) is 2. The molecule has 0 saturated carbocycles. The first-order valence-corrected chi connectivity index (χ1v) is 10.4. The highest BCUT2D eigenvalue weighted by atomic mass is 32.1. The van der Waals surface area contributed by atoms with Crippen LogP contribution in [0.1, 0.15) is 52.2 Å². The maximum Gasteiger partial charge on any atom is 0.262 e. The SMILES string of the molecule is CC(C)c1ccc(C(NC(=O)c2ccc3c(c2)OCC(=O)N3)c2cccs2)cc1. The lowest BCUT2D eigenvalue weighted by atomic mass is 9.98. The molecule has 5 nitrogen and oxygen atoms in total. The molecule has 0 bridgehead atoms. The van der Waals surface area contributed by atoms with E-state index in [9.17, 15) is 9.59 Å². The van der Waals surface area contributed by atoms with Crippen molar-refractivity contribution in [1.82, 2.24) is 5.32 Å². The Morgan fingerprint density at radius 3 is 2.55 bits per heavy atom. The summed E-state index contributed by atoms with van der Waals surface area (Å²) in [6, 6.07) is 17.2. The van der Waals surface area contributed by atoms with Crippen LogP contribution in [0.15, 0.2) is 60.0 Å². The average Bonchev–Trinajstić information content (AvgIpc) is 3.26. The Kier molecular flexibility index (Phi) is 5.36. The van der Waals surface area contributed by atoms with Gasteiger partial charge in [-0.2, -0.15) is 0 Å². The largest absolute Gasteiger partial charge is 0.482 e. The summed E-state index contributed by atoms with van der Waals surface area (Å²) in [6.45, 7) is 4.28. The van der Waals surface area contributed by atoms with Gasteiger partial charge in [-0.3, -0.25) is 9.59 Å². The smallest absolute Gasteiger partial charge is 0.262 e. The Hall–Kier alpha value is -3.12. The van der Waals surface area contributed by atoms with E-state index in [2.05, 4.69) is 48.7 Å². The second-order valence-electron chi connectivity index (χ2n) is 7.29. The molecule has 0 radical (unpaired) electrons. The summed E-state index contributed by atoms with van der Waals surface area (Å²) in [6.07, 6.45) is 0. The van der Waals surface area contributed by atoms with E-state index in [-0.39, 0.29) is 24.5 Å². The van der Waals surface area contributed by atoms with Crippen LogP contribution in [-0.4, -0.2) is 18.4 Å². The molecule has 1 aliphatic heterocycles. The van der Waals surface area contributed by atoms with E-state index < -0.39 is 0 Å². The standard InChI is InChI=1S/C23H22N2O3S/c1-14(2)15-5-7-16(8-6-15)22(20-4-3-11-29-20)25-23(27)17-9-10-18-19(12-17)28-13-21(26)24-18/h3-12,14,22H,13H2,1-2H3,(H,24,26)(H,25,27). The summed E-state index contributed by atoms with van der Waals surface area (Å²) in [7, 11) is 0. The molecule has 0 aliphatic carbocycles. The molecule has 6 heteroatoms. The minimum absolute atomic E-state index is 0.0436. The number of fused-ring (bicyclic) bond motifs is 1. The number of anilines is 1. The molecule has 3 aromatic rings. The van der Waals surface area contributed by atoms with E-state index in [1.165, 1.54) is 5.56 Å². The minimum Gasteiger partial charge on any atom is -0.482 e. The molecule has 1 aliphatic rings. The molecule has 0 saturated heterocycles. The van der Waals surface area contributed by atoms with Gasteiger partial charge in [-0.15, -0.1) is 11.3 Å². The van der Waals surface area contributed by atoms with Crippen molar-refractivity contribution in [2.45, 2.75) is 25.8 Å². The maximum absolute atomic E-state index is 13.0. The zero-order chi connectivity index (χ0) is 20.4. The van der Waals surface area contributed by atoms with Crippen molar-refractivity contribution in [3.8, 4) is 5.75 Å². The topological polar surface area (TPSA) is 67.4 Å². The maximum atomic E-state index is 13.0. The minimum atomic E-state index is -0.236. The van der Waals surface area contributed by atoms with Gasteiger partial charge in [-0.05, 0) is 46.7 Å². The van der Waals surface area contributed by atoms with Gasteiger partial charge >= 0.3 is 0 Å². The number of carbonyl (C=O) groups excluding carboxylic acids is 2. The third-order valence-corrected chi connectivity index (χ3v) is 5.85. The normalized spacial score (nSPS) is 14.0. The summed E-state index contributed by atoms with van der Waals surface area (Å²) in [4.78, 5) is 25.5. The highest BCUT2D eigenvalue weighted by molar-refractivity contribution is 7.10. The molecule has 1 unspecified atom stereocenters. The molecule has 148 valence electrons. The van der Waals surface area contributed by atoms with Crippen LogP contribution < -0.4 is 15.4 Å². The second-order valence-corrected chi connectivity index (χ2v) is 8.27. The Balaban J connectivity index is 1.60. The van der Waals surface area contributed by atoms with Crippen molar-refractivity contribution in [1.29, 1.82) is 0 Å².